The molecule has 1 N–H and O–H groups in total. The molecule has 3 aliphatic rings. The maximum absolute atomic E-state index is 13.3. The predicted molar refractivity (Wildman–Crippen MR) is 132 cm³/mol. The Balaban J connectivity index is 1.31. The van der Waals surface area contributed by atoms with Gasteiger partial charge >= 0.3 is 0 Å². The highest BCUT2D eigenvalue weighted by Gasteiger charge is 2.38. The molecule has 3 aliphatic heterocycles. The van der Waals surface area contributed by atoms with Crippen LogP contribution in [0.15, 0.2) is 36.0 Å². The second-order valence-electron chi connectivity index (χ2n) is 9.38. The average Bonchev–Trinajstić information content (AvgIpc) is 3.56. The smallest absolute Gasteiger partial charge is 0.271 e. The van der Waals surface area contributed by atoms with Gasteiger partial charge in [0.25, 0.3) is 5.91 Å². The van der Waals surface area contributed by atoms with Crippen molar-refractivity contribution in [3.05, 3.63) is 46.6 Å². The third-order valence-corrected chi connectivity index (χ3v) is 8.50. The van der Waals surface area contributed by atoms with Gasteiger partial charge in [0, 0.05) is 30.7 Å². The number of carbonyl (C=O) groups is 2. The highest BCUT2D eigenvalue weighted by Crippen LogP contribution is 2.24. The lowest BCUT2D eigenvalue weighted by Gasteiger charge is -2.33. The Morgan fingerprint density at radius 3 is 2.56 bits per heavy atom. The minimum atomic E-state index is -3.71. The summed E-state index contributed by atoms with van der Waals surface area (Å²) in [6, 6.07) is 6.53. The second-order valence-corrected chi connectivity index (χ2v) is 11.7. The molecule has 0 radical (unpaired) electrons. The van der Waals surface area contributed by atoms with Crippen LogP contribution in [0.25, 0.3) is 0 Å². The second kappa shape index (κ2) is 10.7. The van der Waals surface area contributed by atoms with Crippen molar-refractivity contribution >= 4 is 33.4 Å². The Labute approximate surface area is 207 Å². The van der Waals surface area contributed by atoms with Gasteiger partial charge in [0.1, 0.15) is 11.7 Å². The van der Waals surface area contributed by atoms with Crippen molar-refractivity contribution in [2.75, 3.05) is 38.5 Å². The van der Waals surface area contributed by atoms with Crippen LogP contribution >= 0.6 is 11.6 Å². The lowest BCUT2D eigenvalue weighted by atomic mass is 10.2. The van der Waals surface area contributed by atoms with Gasteiger partial charge in [-0.15, -0.1) is 0 Å². The monoisotopic (exact) mass is 508 g/mol. The predicted octanol–water partition coefficient (Wildman–Crippen LogP) is 2.00. The summed E-state index contributed by atoms with van der Waals surface area (Å²) < 4.78 is 27.6. The number of hydrogen-bond donors (Lipinski definition) is 1. The number of carbonyl (C=O) groups excluding carboxylic acids is 2. The fourth-order valence-corrected chi connectivity index (χ4v) is 6.25. The first-order valence-electron chi connectivity index (χ1n) is 12.0. The molecule has 186 valence electrons. The van der Waals surface area contributed by atoms with E-state index in [1.807, 2.05) is 4.90 Å². The van der Waals surface area contributed by atoms with Crippen LogP contribution in [0, 0.1) is 0 Å². The molecule has 0 aromatic heterocycles. The third kappa shape index (κ3) is 5.93. The minimum Gasteiger partial charge on any atom is -0.337 e. The molecule has 1 aromatic carbocycles. The van der Waals surface area contributed by atoms with Gasteiger partial charge in [-0.25, -0.2) is 8.42 Å². The lowest BCUT2D eigenvalue weighted by Crippen LogP contribution is -2.52. The van der Waals surface area contributed by atoms with E-state index in [-0.39, 0.29) is 29.9 Å². The Morgan fingerprint density at radius 2 is 1.85 bits per heavy atom. The van der Waals surface area contributed by atoms with Crippen LogP contribution in [0.3, 0.4) is 0 Å². The number of nitrogens with zero attached hydrogens (tertiary/aromatic N) is 3. The molecule has 10 heteroatoms. The molecule has 2 atom stereocenters. The Hall–Kier alpha value is -2.10. The summed E-state index contributed by atoms with van der Waals surface area (Å²) in [5.74, 6) is -0.666. The quantitative estimate of drug-likeness (QED) is 0.551. The first kappa shape index (κ1) is 25.0. The number of rotatable bonds is 9. The van der Waals surface area contributed by atoms with Crippen LogP contribution in [0.2, 0.25) is 5.02 Å². The van der Waals surface area contributed by atoms with Gasteiger partial charge in [0.05, 0.1) is 5.75 Å². The molecule has 2 saturated heterocycles. The van der Waals surface area contributed by atoms with E-state index >= 15 is 0 Å². The zero-order valence-electron chi connectivity index (χ0n) is 19.6. The van der Waals surface area contributed by atoms with Crippen LogP contribution in [0.5, 0.6) is 0 Å². The van der Waals surface area contributed by atoms with E-state index in [1.54, 1.807) is 37.3 Å². The number of sulfonamides is 1. The molecule has 8 nitrogen and oxygen atoms in total. The van der Waals surface area contributed by atoms with Gasteiger partial charge in [-0.05, 0) is 75.9 Å². The number of hydrogen-bond acceptors (Lipinski definition) is 5. The third-order valence-electron chi connectivity index (χ3n) is 6.97. The van der Waals surface area contributed by atoms with E-state index in [9.17, 15) is 18.0 Å². The van der Waals surface area contributed by atoms with Gasteiger partial charge in [0.15, 0.2) is 0 Å². The number of amides is 2. The topological polar surface area (TPSA) is 90.0 Å². The van der Waals surface area contributed by atoms with E-state index < -0.39 is 22.0 Å². The molecular weight excluding hydrogens is 476 g/mol. The fraction of sp³-hybridized carbons (Fsp3) is 0.583. The Kier molecular flexibility index (Phi) is 7.84. The number of likely N-dealkylation sites (tertiary alicyclic amines) is 2. The number of aryl methyl sites for hydroxylation is 1. The summed E-state index contributed by atoms with van der Waals surface area (Å²) in [5.41, 5.74) is 0.863. The van der Waals surface area contributed by atoms with Gasteiger partial charge < -0.3 is 14.7 Å². The van der Waals surface area contributed by atoms with Crippen LogP contribution in [0.4, 0.5) is 0 Å². The zero-order valence-corrected chi connectivity index (χ0v) is 21.2. The molecule has 0 bridgehead atoms. The van der Waals surface area contributed by atoms with Crippen LogP contribution in [-0.2, 0) is 26.0 Å². The van der Waals surface area contributed by atoms with Crippen LogP contribution in [-0.4, -0.2) is 85.5 Å². The average molecular weight is 509 g/mol. The van der Waals surface area contributed by atoms with Gasteiger partial charge in [0.2, 0.25) is 15.9 Å². The van der Waals surface area contributed by atoms with Crippen molar-refractivity contribution in [3.63, 3.8) is 0 Å². The van der Waals surface area contributed by atoms with Crippen molar-refractivity contribution in [2.45, 2.75) is 51.1 Å². The number of nitrogens with one attached hydrogen (secondary N) is 1. The van der Waals surface area contributed by atoms with Gasteiger partial charge in [-0.2, -0.15) is 0 Å². The molecule has 2 amide bonds. The summed E-state index contributed by atoms with van der Waals surface area (Å²) >= 11 is 5.87. The van der Waals surface area contributed by atoms with Crippen molar-refractivity contribution in [1.29, 1.82) is 0 Å². The molecule has 0 saturated carbocycles. The van der Waals surface area contributed by atoms with E-state index in [0.717, 1.165) is 38.0 Å². The summed E-state index contributed by atoms with van der Waals surface area (Å²) in [6.07, 6.45) is 6.24. The number of halogens is 1. The van der Waals surface area contributed by atoms with E-state index in [2.05, 4.69) is 9.62 Å². The van der Waals surface area contributed by atoms with Crippen LogP contribution < -0.4 is 4.72 Å². The largest absolute Gasteiger partial charge is 0.337 e. The van der Waals surface area contributed by atoms with E-state index in [1.165, 1.54) is 17.7 Å². The summed E-state index contributed by atoms with van der Waals surface area (Å²) in [4.78, 5) is 32.0. The molecule has 0 aliphatic carbocycles. The minimum absolute atomic E-state index is 0.0193. The first-order valence-corrected chi connectivity index (χ1v) is 14.1. The summed E-state index contributed by atoms with van der Waals surface area (Å²) in [6.45, 7) is 5.72. The zero-order chi connectivity index (χ0) is 24.3. The lowest BCUT2D eigenvalue weighted by molar-refractivity contribution is -0.143. The van der Waals surface area contributed by atoms with Crippen molar-refractivity contribution < 1.29 is 18.0 Å². The molecule has 0 unspecified atom stereocenters. The van der Waals surface area contributed by atoms with Crippen molar-refractivity contribution in [1.82, 2.24) is 19.4 Å². The summed E-state index contributed by atoms with van der Waals surface area (Å²) in [5, 5.41) is 0.589. The summed E-state index contributed by atoms with van der Waals surface area (Å²) in [7, 11) is -3.71. The molecule has 34 heavy (non-hydrogen) atoms. The van der Waals surface area contributed by atoms with Crippen molar-refractivity contribution in [3.8, 4) is 0 Å². The first-order chi connectivity index (χ1) is 16.2. The molecule has 3 heterocycles. The van der Waals surface area contributed by atoms with Crippen LogP contribution in [0.1, 0.15) is 38.2 Å². The molecule has 4 rings (SSSR count). The molecular formula is C24H33ClN4O4S. The van der Waals surface area contributed by atoms with Crippen molar-refractivity contribution in [2.24, 2.45) is 0 Å². The van der Waals surface area contributed by atoms with E-state index in [4.69, 9.17) is 11.6 Å². The normalized spacial score (nSPS) is 22.4. The molecule has 2 fully saturated rings. The standard InChI is InChI=1S/C24H33ClN4O4S/c1-18(23(30)29-14-4-5-21(29)17-27-12-2-3-13-27)28-15-10-22(24(28)31)26-34(32,33)16-11-19-6-8-20(25)9-7-19/h6-10,18,21,26H,2-5,11-17H2,1H3/t18-,21-/m0/s1. The van der Waals surface area contributed by atoms with E-state index in [0.29, 0.717) is 18.0 Å². The Morgan fingerprint density at radius 1 is 1.15 bits per heavy atom. The Bertz CT molecular complexity index is 1040. The SMILES string of the molecule is C[C@@H](C(=O)N1CCC[C@H]1CN1CCCC1)N1CC=C(NS(=O)(=O)CCc2ccc(Cl)cc2)C1=O. The number of benzene rings is 1. The van der Waals surface area contributed by atoms with Gasteiger partial charge in [-0.1, -0.05) is 23.7 Å². The van der Waals surface area contributed by atoms with Gasteiger partial charge in [-0.3, -0.25) is 14.3 Å². The maximum atomic E-state index is 13.3. The molecule has 0 spiro atoms. The fourth-order valence-electron chi connectivity index (χ4n) is 5.01. The maximum Gasteiger partial charge on any atom is 0.271 e. The highest BCUT2D eigenvalue weighted by molar-refractivity contribution is 7.89. The highest BCUT2D eigenvalue weighted by atomic mass is 35.5. The molecule has 1 aromatic rings.